The van der Waals surface area contributed by atoms with Crippen molar-refractivity contribution in [3.05, 3.63) is 87.7 Å². The van der Waals surface area contributed by atoms with Crippen molar-refractivity contribution >= 4 is 28.6 Å². The van der Waals surface area contributed by atoms with E-state index in [2.05, 4.69) is 21.8 Å². The maximum atomic E-state index is 13.8. The van der Waals surface area contributed by atoms with Crippen LogP contribution in [0.2, 0.25) is 5.02 Å². The Morgan fingerprint density at radius 2 is 1.90 bits per heavy atom. The molecule has 0 amide bonds. The van der Waals surface area contributed by atoms with E-state index < -0.39 is 11.8 Å². The van der Waals surface area contributed by atoms with Crippen LogP contribution in [0, 0.1) is 24.6 Å². The zero-order valence-corrected chi connectivity index (χ0v) is 16.4. The summed E-state index contributed by atoms with van der Waals surface area (Å²) in [4.78, 5) is 18.6. The Bertz CT molecular complexity index is 1350. The molecular weight excluding hydrogens is 407 g/mol. The molecule has 4 rings (SSSR count). The average molecular weight is 421 g/mol. The van der Waals surface area contributed by atoms with Crippen molar-refractivity contribution in [2.24, 2.45) is 0 Å². The maximum absolute atomic E-state index is 13.8. The topological polar surface area (TPSA) is 75.2 Å². The molecule has 4 aromatic rings. The number of rotatable bonds is 3. The number of nitrogens with zero attached hydrogens (tertiary/aromatic N) is 1. The molecule has 0 aliphatic rings. The summed E-state index contributed by atoms with van der Waals surface area (Å²) in [6, 6.07) is 14.5. The predicted octanol–water partition coefficient (Wildman–Crippen LogP) is 5.55. The molecule has 1 heterocycles. The third-order valence-electron chi connectivity index (χ3n) is 4.41. The number of benzene rings is 3. The first-order valence-electron chi connectivity index (χ1n) is 8.88. The Balaban J connectivity index is 1.65. The van der Waals surface area contributed by atoms with E-state index in [4.69, 9.17) is 16.3 Å². The largest absolute Gasteiger partial charge is 0.478 e. The second-order valence-electron chi connectivity index (χ2n) is 6.50. The Hall–Kier alpha value is -3.82. The number of imidazole rings is 1. The van der Waals surface area contributed by atoms with Gasteiger partial charge in [0.25, 0.3) is 6.01 Å². The number of carboxylic acid groups (broad SMARTS) is 1. The average Bonchev–Trinajstić information content (AvgIpc) is 3.09. The summed E-state index contributed by atoms with van der Waals surface area (Å²) in [6.45, 7) is 1.71. The van der Waals surface area contributed by atoms with Gasteiger partial charge in [0, 0.05) is 5.56 Å². The van der Waals surface area contributed by atoms with Gasteiger partial charge in [-0.2, -0.15) is 4.98 Å². The van der Waals surface area contributed by atoms with E-state index in [-0.39, 0.29) is 17.1 Å². The number of H-pyrrole nitrogens is 1. The smallest absolute Gasteiger partial charge is 0.336 e. The van der Waals surface area contributed by atoms with Crippen LogP contribution in [0.3, 0.4) is 0 Å². The van der Waals surface area contributed by atoms with Crippen molar-refractivity contribution in [2.75, 3.05) is 0 Å². The molecular formula is C23H14ClFN2O3. The van der Waals surface area contributed by atoms with Gasteiger partial charge < -0.3 is 14.8 Å². The molecule has 3 aromatic carbocycles. The summed E-state index contributed by atoms with van der Waals surface area (Å²) in [5.41, 5.74) is 2.73. The van der Waals surface area contributed by atoms with Crippen molar-refractivity contribution in [1.29, 1.82) is 0 Å². The zero-order valence-electron chi connectivity index (χ0n) is 15.7. The molecule has 0 radical (unpaired) electrons. The van der Waals surface area contributed by atoms with E-state index in [1.165, 1.54) is 12.1 Å². The first-order chi connectivity index (χ1) is 14.4. The Morgan fingerprint density at radius 1 is 1.13 bits per heavy atom. The third kappa shape index (κ3) is 3.97. The molecule has 5 nitrogen and oxygen atoms in total. The molecule has 0 fully saturated rings. The Morgan fingerprint density at radius 3 is 2.67 bits per heavy atom. The number of nitrogens with one attached hydrogen (secondary N) is 1. The molecule has 0 aliphatic carbocycles. The number of hydrogen-bond donors (Lipinski definition) is 2. The molecule has 1 aromatic heterocycles. The minimum Gasteiger partial charge on any atom is -0.478 e. The lowest BCUT2D eigenvalue weighted by atomic mass is 10.1. The number of ether oxygens (including phenoxy) is 1. The van der Waals surface area contributed by atoms with Gasteiger partial charge in [-0.25, -0.2) is 9.18 Å². The van der Waals surface area contributed by atoms with E-state index in [0.717, 1.165) is 0 Å². The van der Waals surface area contributed by atoms with Gasteiger partial charge in [0.1, 0.15) is 11.6 Å². The van der Waals surface area contributed by atoms with E-state index in [0.29, 0.717) is 32.9 Å². The molecule has 0 atom stereocenters. The normalized spacial score (nSPS) is 10.5. The first-order valence-corrected chi connectivity index (χ1v) is 9.26. The molecule has 2 N–H and O–H groups in total. The molecule has 0 bridgehead atoms. The number of fused-ring (bicyclic) bond motifs is 1. The monoisotopic (exact) mass is 420 g/mol. The van der Waals surface area contributed by atoms with Crippen molar-refractivity contribution < 1.29 is 19.0 Å². The Labute approximate surface area is 176 Å². The van der Waals surface area contributed by atoms with E-state index in [9.17, 15) is 14.3 Å². The fourth-order valence-electron chi connectivity index (χ4n) is 2.86. The zero-order chi connectivity index (χ0) is 21.3. The lowest BCUT2D eigenvalue weighted by molar-refractivity contribution is 0.0695. The minimum absolute atomic E-state index is 0.150. The van der Waals surface area contributed by atoms with Crippen LogP contribution in [-0.2, 0) is 0 Å². The van der Waals surface area contributed by atoms with Crippen LogP contribution in [0.15, 0.2) is 54.6 Å². The third-order valence-corrected chi connectivity index (χ3v) is 4.72. The summed E-state index contributed by atoms with van der Waals surface area (Å²) in [6.07, 6.45) is 0. The minimum atomic E-state index is -1.03. The SMILES string of the molecule is Cc1ccc(Oc2nc3cc(Cl)c(C#Cc4ccccc4F)cc3[nH]2)cc1C(=O)O. The van der Waals surface area contributed by atoms with Gasteiger partial charge in [-0.05, 0) is 48.9 Å². The lowest BCUT2D eigenvalue weighted by Gasteiger charge is -2.05. The highest BCUT2D eigenvalue weighted by Gasteiger charge is 2.12. The van der Waals surface area contributed by atoms with Crippen LogP contribution in [0.25, 0.3) is 11.0 Å². The lowest BCUT2D eigenvalue weighted by Crippen LogP contribution is -2.00. The molecule has 0 saturated heterocycles. The van der Waals surface area contributed by atoms with Crippen LogP contribution in [-0.4, -0.2) is 21.0 Å². The van der Waals surface area contributed by atoms with Gasteiger partial charge >= 0.3 is 5.97 Å². The quantitative estimate of drug-likeness (QED) is 0.426. The molecule has 30 heavy (non-hydrogen) atoms. The van der Waals surface area contributed by atoms with Gasteiger partial charge in [-0.1, -0.05) is 41.6 Å². The first kappa shape index (κ1) is 19.5. The van der Waals surface area contributed by atoms with Crippen molar-refractivity contribution in [3.8, 4) is 23.6 Å². The molecule has 0 saturated carbocycles. The molecule has 0 unspecified atom stereocenters. The maximum Gasteiger partial charge on any atom is 0.336 e. The summed E-state index contributed by atoms with van der Waals surface area (Å²) in [7, 11) is 0. The van der Waals surface area contributed by atoms with Gasteiger partial charge in [-0.3, -0.25) is 0 Å². The highest BCUT2D eigenvalue weighted by molar-refractivity contribution is 6.32. The number of halogens is 2. The van der Waals surface area contributed by atoms with Gasteiger partial charge in [0.15, 0.2) is 0 Å². The molecule has 148 valence electrons. The van der Waals surface area contributed by atoms with Crippen molar-refractivity contribution in [1.82, 2.24) is 9.97 Å². The standard InChI is InChI=1S/C23H14ClFN2O3/c1-13-6-9-16(11-17(13)22(28)29)30-23-26-20-10-15(18(24)12-21(20)27-23)8-7-14-4-2-3-5-19(14)25/h2-6,9-12H,1H3,(H,26,27)(H,28,29). The predicted molar refractivity (Wildman–Crippen MR) is 112 cm³/mol. The fraction of sp³-hybridized carbons (Fsp3) is 0.0435. The van der Waals surface area contributed by atoms with Crippen LogP contribution >= 0.6 is 11.6 Å². The highest BCUT2D eigenvalue weighted by Crippen LogP contribution is 2.27. The van der Waals surface area contributed by atoms with Crippen molar-refractivity contribution in [2.45, 2.75) is 6.92 Å². The molecule has 0 spiro atoms. The second-order valence-corrected chi connectivity index (χ2v) is 6.91. The van der Waals surface area contributed by atoms with E-state index in [1.807, 2.05) is 0 Å². The number of aromatic nitrogens is 2. The fourth-order valence-corrected chi connectivity index (χ4v) is 3.06. The Kier molecular flexibility index (Phi) is 5.13. The van der Waals surface area contributed by atoms with Crippen LogP contribution in [0.5, 0.6) is 11.8 Å². The van der Waals surface area contributed by atoms with E-state index in [1.54, 1.807) is 49.4 Å². The molecule has 7 heteroatoms. The summed E-state index contributed by atoms with van der Waals surface area (Å²) < 4.78 is 19.4. The van der Waals surface area contributed by atoms with Gasteiger partial charge in [0.2, 0.25) is 0 Å². The number of aromatic amines is 1. The molecule has 0 aliphatic heterocycles. The number of aromatic carboxylic acids is 1. The van der Waals surface area contributed by atoms with Gasteiger partial charge in [-0.15, -0.1) is 0 Å². The van der Waals surface area contributed by atoms with Crippen LogP contribution in [0.1, 0.15) is 27.0 Å². The number of carbonyl (C=O) groups is 1. The number of aryl methyl sites for hydroxylation is 1. The van der Waals surface area contributed by atoms with Crippen LogP contribution < -0.4 is 4.74 Å². The number of hydrogen-bond acceptors (Lipinski definition) is 3. The van der Waals surface area contributed by atoms with Crippen molar-refractivity contribution in [3.63, 3.8) is 0 Å². The van der Waals surface area contributed by atoms with E-state index >= 15 is 0 Å². The second kappa shape index (κ2) is 7.90. The van der Waals surface area contributed by atoms with Crippen LogP contribution in [0.4, 0.5) is 4.39 Å². The number of carboxylic acids is 1. The summed E-state index contributed by atoms with van der Waals surface area (Å²) in [5.74, 6) is 4.54. The summed E-state index contributed by atoms with van der Waals surface area (Å²) in [5, 5.41) is 9.62. The summed E-state index contributed by atoms with van der Waals surface area (Å²) >= 11 is 6.30. The highest BCUT2D eigenvalue weighted by atomic mass is 35.5. The van der Waals surface area contributed by atoms with Gasteiger partial charge in [0.05, 0.1) is 27.2 Å².